The number of carbonyl (C=O) groups excluding carboxylic acids is 1. The summed E-state index contributed by atoms with van der Waals surface area (Å²) in [5, 5.41) is 6.95. The molecule has 2 aliphatic heterocycles. The standard InChI is InChI=1S/C24H27B2N9OS/c1-15(9-18(27)23(36)32-24(25,26)20-13-37-14-30-20)22(28)33-8-4-19-16(12-33)10-17(11-29-19)34-6-2-7-35-21(34)3-5-31-35/h3,5,9-11,13-14H,2,4,6-8,12,27-28H2,1H3,(H,32,36)/b18-9-,22-15+. The van der Waals surface area contributed by atoms with Gasteiger partial charge in [0, 0.05) is 55.1 Å². The van der Waals surface area contributed by atoms with Crippen molar-refractivity contribution in [3.05, 3.63) is 75.5 Å². The zero-order valence-corrected chi connectivity index (χ0v) is 21.4. The number of fused-ring (bicyclic) bond motifs is 2. The molecule has 13 heteroatoms. The first-order valence-electron chi connectivity index (χ1n) is 12.0. The summed E-state index contributed by atoms with van der Waals surface area (Å²) < 4.78 is 2.02. The Balaban J connectivity index is 1.31. The van der Waals surface area contributed by atoms with Gasteiger partial charge in [-0.15, -0.1) is 11.3 Å². The molecule has 5 N–H and O–H groups in total. The molecule has 4 radical (unpaired) electrons. The molecule has 5 rings (SSSR count). The van der Waals surface area contributed by atoms with Gasteiger partial charge in [-0.25, -0.2) is 9.67 Å². The average Bonchev–Trinajstić information content (AvgIpc) is 3.60. The van der Waals surface area contributed by atoms with Gasteiger partial charge in [0.05, 0.1) is 50.7 Å². The Hall–Kier alpha value is -3.73. The highest BCUT2D eigenvalue weighted by atomic mass is 32.1. The number of hydrogen-bond donors (Lipinski definition) is 3. The lowest BCUT2D eigenvalue weighted by Crippen LogP contribution is -2.48. The van der Waals surface area contributed by atoms with Crippen molar-refractivity contribution in [1.29, 1.82) is 0 Å². The van der Waals surface area contributed by atoms with Crippen LogP contribution in [0, 0.1) is 0 Å². The van der Waals surface area contributed by atoms with E-state index in [4.69, 9.17) is 32.1 Å². The number of rotatable bonds is 6. The Morgan fingerprint density at radius 2 is 2.08 bits per heavy atom. The molecular weight excluding hydrogens is 484 g/mol. The lowest BCUT2D eigenvalue weighted by atomic mass is 9.60. The van der Waals surface area contributed by atoms with Crippen LogP contribution in [-0.2, 0) is 29.6 Å². The minimum Gasteiger partial charge on any atom is -0.394 e. The summed E-state index contributed by atoms with van der Waals surface area (Å²) in [4.78, 5) is 25.7. The van der Waals surface area contributed by atoms with Gasteiger partial charge in [-0.1, -0.05) is 0 Å². The summed E-state index contributed by atoms with van der Waals surface area (Å²) in [5.74, 6) is 1.00. The lowest BCUT2D eigenvalue weighted by molar-refractivity contribution is -0.118. The van der Waals surface area contributed by atoms with Crippen molar-refractivity contribution in [3.63, 3.8) is 0 Å². The van der Waals surface area contributed by atoms with Gasteiger partial charge in [0.25, 0.3) is 5.91 Å². The number of carbonyl (C=O) groups is 1. The highest BCUT2D eigenvalue weighted by Gasteiger charge is 2.26. The molecule has 1 amide bonds. The van der Waals surface area contributed by atoms with Crippen LogP contribution in [-0.4, -0.2) is 59.3 Å². The Labute approximate surface area is 222 Å². The number of pyridine rings is 1. The molecule has 0 spiro atoms. The number of aromatic nitrogens is 4. The van der Waals surface area contributed by atoms with Crippen LogP contribution in [0.2, 0.25) is 0 Å². The van der Waals surface area contributed by atoms with Crippen LogP contribution in [0.4, 0.5) is 11.5 Å². The maximum atomic E-state index is 12.6. The average molecular weight is 511 g/mol. The summed E-state index contributed by atoms with van der Waals surface area (Å²) >= 11 is 1.33. The van der Waals surface area contributed by atoms with Crippen molar-refractivity contribution in [2.24, 2.45) is 11.5 Å². The number of nitrogens with two attached hydrogens (primary N) is 2. The minimum absolute atomic E-state index is 0.0565. The molecule has 37 heavy (non-hydrogen) atoms. The zero-order valence-electron chi connectivity index (χ0n) is 20.6. The van der Waals surface area contributed by atoms with E-state index in [0.717, 1.165) is 48.7 Å². The molecule has 10 nitrogen and oxygen atoms in total. The number of allylic oxidation sites excluding steroid dienone is 2. The van der Waals surface area contributed by atoms with E-state index in [1.165, 1.54) is 17.4 Å². The fourth-order valence-electron chi connectivity index (χ4n) is 4.61. The van der Waals surface area contributed by atoms with E-state index in [2.05, 4.69) is 31.3 Å². The Kier molecular flexibility index (Phi) is 6.72. The third-order valence-corrected chi connectivity index (χ3v) is 7.20. The first-order valence-corrected chi connectivity index (χ1v) is 12.9. The van der Waals surface area contributed by atoms with Gasteiger partial charge >= 0.3 is 0 Å². The van der Waals surface area contributed by atoms with E-state index >= 15 is 0 Å². The van der Waals surface area contributed by atoms with Gasteiger partial charge in [0.15, 0.2) is 0 Å². The van der Waals surface area contributed by atoms with Crippen molar-refractivity contribution in [1.82, 2.24) is 30.0 Å². The Morgan fingerprint density at radius 1 is 1.24 bits per heavy atom. The molecular formula is C24H27B2N9OS. The fraction of sp³-hybridized carbons (Fsp3) is 0.333. The van der Waals surface area contributed by atoms with Crippen molar-refractivity contribution < 1.29 is 4.79 Å². The van der Waals surface area contributed by atoms with Crippen molar-refractivity contribution in [3.8, 4) is 0 Å². The highest BCUT2D eigenvalue weighted by molar-refractivity contribution is 7.07. The van der Waals surface area contributed by atoms with Crippen molar-refractivity contribution in [2.75, 3.05) is 18.0 Å². The van der Waals surface area contributed by atoms with Crippen molar-refractivity contribution in [2.45, 2.75) is 38.2 Å². The summed E-state index contributed by atoms with van der Waals surface area (Å²) in [5.41, 5.74) is 18.3. The maximum Gasteiger partial charge on any atom is 0.266 e. The first kappa shape index (κ1) is 24.9. The molecule has 2 aliphatic rings. The number of nitrogens with one attached hydrogen (secondary N) is 1. The number of anilines is 2. The first-order chi connectivity index (χ1) is 17.7. The van der Waals surface area contributed by atoms with Gasteiger partial charge in [-0.3, -0.25) is 9.78 Å². The van der Waals surface area contributed by atoms with E-state index in [0.29, 0.717) is 30.2 Å². The van der Waals surface area contributed by atoms with Crippen LogP contribution in [0.5, 0.6) is 0 Å². The smallest absolute Gasteiger partial charge is 0.266 e. The number of aryl methyl sites for hydroxylation is 1. The number of thiazole rings is 1. The van der Waals surface area contributed by atoms with Gasteiger partial charge in [-0.2, -0.15) is 5.10 Å². The Bertz CT molecular complexity index is 1370. The SMILES string of the molecule is [B]C([B])(NC(=O)/C(N)=C/C(C)=C(\N)N1CCc2ncc(N3CCCn4nccc43)cc2C1)c1cscn1. The van der Waals surface area contributed by atoms with Gasteiger partial charge in [0.2, 0.25) is 0 Å². The molecule has 0 fully saturated rings. The third-order valence-electron chi connectivity index (χ3n) is 6.61. The molecule has 0 bridgehead atoms. The molecule has 0 aliphatic carbocycles. The van der Waals surface area contributed by atoms with Crippen molar-refractivity contribution >= 4 is 44.4 Å². The van der Waals surface area contributed by atoms with Crippen LogP contribution >= 0.6 is 11.3 Å². The summed E-state index contributed by atoms with van der Waals surface area (Å²) in [7, 11) is 12.0. The second kappa shape index (κ2) is 9.97. The van der Waals surface area contributed by atoms with E-state index in [9.17, 15) is 4.79 Å². The molecule has 186 valence electrons. The number of hydrogen-bond acceptors (Lipinski definition) is 9. The molecule has 0 unspecified atom stereocenters. The largest absolute Gasteiger partial charge is 0.394 e. The molecule has 0 aromatic carbocycles. The summed E-state index contributed by atoms with van der Waals surface area (Å²) in [6.45, 7) is 4.96. The predicted molar refractivity (Wildman–Crippen MR) is 145 cm³/mol. The van der Waals surface area contributed by atoms with Gasteiger partial charge in [-0.05, 0) is 36.6 Å². The van der Waals surface area contributed by atoms with E-state index in [1.807, 2.05) is 30.1 Å². The van der Waals surface area contributed by atoms with Gasteiger partial charge in [0.1, 0.15) is 11.6 Å². The van der Waals surface area contributed by atoms with Crippen LogP contribution in [0.25, 0.3) is 0 Å². The summed E-state index contributed by atoms with van der Waals surface area (Å²) in [6, 6.07) is 4.20. The highest BCUT2D eigenvalue weighted by Crippen LogP contribution is 2.31. The fourth-order valence-corrected chi connectivity index (χ4v) is 5.23. The van der Waals surface area contributed by atoms with E-state index in [-0.39, 0.29) is 5.70 Å². The van der Waals surface area contributed by atoms with E-state index in [1.54, 1.807) is 10.9 Å². The summed E-state index contributed by atoms with van der Waals surface area (Å²) in [6.07, 6.45) is 7.07. The lowest BCUT2D eigenvalue weighted by Gasteiger charge is -2.33. The minimum atomic E-state index is -1.63. The maximum absolute atomic E-state index is 12.6. The second-order valence-electron chi connectivity index (χ2n) is 9.25. The van der Waals surface area contributed by atoms with Crippen LogP contribution in [0.1, 0.15) is 30.3 Å². The number of amides is 1. The quantitative estimate of drug-likeness (QED) is 0.253. The van der Waals surface area contributed by atoms with Gasteiger partial charge < -0.3 is 26.6 Å². The van der Waals surface area contributed by atoms with Crippen LogP contribution < -0.4 is 21.7 Å². The monoisotopic (exact) mass is 511 g/mol. The van der Waals surface area contributed by atoms with E-state index < -0.39 is 11.2 Å². The zero-order chi connectivity index (χ0) is 26.2. The van der Waals surface area contributed by atoms with Crippen LogP contribution in [0.3, 0.4) is 0 Å². The topological polar surface area (TPSA) is 131 Å². The normalized spacial score (nSPS) is 16.6. The molecule has 0 saturated carbocycles. The molecule has 5 heterocycles. The predicted octanol–water partition coefficient (Wildman–Crippen LogP) is 0.931. The third kappa shape index (κ3) is 5.08. The van der Waals surface area contributed by atoms with Crippen LogP contribution in [0.15, 0.2) is 58.6 Å². The Morgan fingerprint density at radius 3 is 2.86 bits per heavy atom. The number of nitrogens with zero attached hydrogens (tertiary/aromatic N) is 6. The second-order valence-corrected chi connectivity index (χ2v) is 9.97. The molecule has 0 saturated heterocycles. The molecule has 3 aromatic heterocycles. The molecule has 3 aromatic rings. The molecule has 0 atom stereocenters.